The van der Waals surface area contributed by atoms with E-state index in [0.717, 1.165) is 27.1 Å². The molecule has 1 aliphatic carbocycles. The van der Waals surface area contributed by atoms with Gasteiger partial charge in [0, 0.05) is 28.6 Å². The smallest absolute Gasteiger partial charge is 0.410 e. The zero-order chi connectivity index (χ0) is 21.3. The molecule has 4 rings (SSSR count). The summed E-state index contributed by atoms with van der Waals surface area (Å²) in [5.74, 6) is -0.397. The van der Waals surface area contributed by atoms with Gasteiger partial charge in [-0.25, -0.2) is 4.79 Å². The Bertz CT molecular complexity index is 1090. The van der Waals surface area contributed by atoms with E-state index in [-0.39, 0.29) is 6.54 Å². The number of amides is 2. The molecule has 0 bridgehead atoms. The van der Waals surface area contributed by atoms with E-state index in [1.807, 2.05) is 55.5 Å². The topological polar surface area (TPSA) is 75.7 Å². The SMILES string of the molecule is Cc1cc(C=O)c(NC(=O)CN(C)C(=O)OC2c3ccccc3-c3ccccc32)s1. The highest BCUT2D eigenvalue weighted by Crippen LogP contribution is 2.45. The maximum absolute atomic E-state index is 12.7. The van der Waals surface area contributed by atoms with Crippen LogP contribution in [0.5, 0.6) is 0 Å². The van der Waals surface area contributed by atoms with Gasteiger partial charge in [-0.2, -0.15) is 0 Å². The van der Waals surface area contributed by atoms with Crippen LogP contribution in [0, 0.1) is 6.92 Å². The summed E-state index contributed by atoms with van der Waals surface area (Å²) in [5.41, 5.74) is 4.36. The van der Waals surface area contributed by atoms with Gasteiger partial charge < -0.3 is 15.0 Å². The number of ether oxygens (including phenoxy) is 1. The van der Waals surface area contributed by atoms with Gasteiger partial charge in [0.25, 0.3) is 0 Å². The lowest BCUT2D eigenvalue weighted by Crippen LogP contribution is -2.35. The Morgan fingerprint density at radius 2 is 1.70 bits per heavy atom. The minimum absolute atomic E-state index is 0.190. The van der Waals surface area contributed by atoms with E-state index in [9.17, 15) is 14.4 Å². The van der Waals surface area contributed by atoms with Gasteiger partial charge in [-0.15, -0.1) is 11.3 Å². The summed E-state index contributed by atoms with van der Waals surface area (Å²) in [5, 5.41) is 3.17. The molecule has 0 saturated heterocycles. The number of carbonyl (C=O) groups is 3. The highest BCUT2D eigenvalue weighted by Gasteiger charge is 2.32. The Morgan fingerprint density at radius 1 is 1.10 bits per heavy atom. The van der Waals surface area contributed by atoms with Gasteiger partial charge >= 0.3 is 6.09 Å². The number of carbonyl (C=O) groups excluding carboxylic acids is 3. The molecule has 0 saturated carbocycles. The monoisotopic (exact) mass is 420 g/mol. The second-order valence-corrected chi connectivity index (χ2v) is 8.36. The molecule has 0 fully saturated rings. The number of hydrogen-bond donors (Lipinski definition) is 1. The summed E-state index contributed by atoms with van der Waals surface area (Å²) in [4.78, 5) is 38.3. The molecule has 7 heteroatoms. The molecule has 1 aliphatic rings. The molecular formula is C23H20N2O4S. The number of likely N-dealkylation sites (N-methyl/N-ethyl adjacent to an activating group) is 1. The van der Waals surface area contributed by atoms with Crippen molar-refractivity contribution in [3.63, 3.8) is 0 Å². The zero-order valence-electron chi connectivity index (χ0n) is 16.5. The van der Waals surface area contributed by atoms with Crippen LogP contribution in [0.2, 0.25) is 0 Å². The number of benzene rings is 2. The largest absolute Gasteiger partial charge is 0.436 e. The summed E-state index contributed by atoms with van der Waals surface area (Å²) < 4.78 is 5.78. The maximum atomic E-state index is 12.7. The molecule has 0 radical (unpaired) electrons. The molecule has 1 N–H and O–H groups in total. The van der Waals surface area contributed by atoms with Crippen molar-refractivity contribution in [1.29, 1.82) is 0 Å². The number of nitrogens with zero attached hydrogens (tertiary/aromatic N) is 1. The van der Waals surface area contributed by atoms with Gasteiger partial charge in [-0.3, -0.25) is 9.59 Å². The van der Waals surface area contributed by atoms with E-state index in [2.05, 4.69) is 5.32 Å². The number of rotatable bonds is 5. The Kier molecular flexibility index (Phi) is 5.37. The molecule has 0 spiro atoms. The Balaban J connectivity index is 1.45. The van der Waals surface area contributed by atoms with Gasteiger partial charge in [-0.1, -0.05) is 48.5 Å². The van der Waals surface area contributed by atoms with Crippen molar-refractivity contribution >= 4 is 34.6 Å². The molecule has 3 aromatic rings. The van der Waals surface area contributed by atoms with E-state index < -0.39 is 18.1 Å². The maximum Gasteiger partial charge on any atom is 0.410 e. The number of nitrogens with one attached hydrogen (secondary N) is 1. The van der Waals surface area contributed by atoms with E-state index in [1.165, 1.54) is 23.3 Å². The standard InChI is InChI=1S/C23H20N2O4S/c1-14-11-15(13-26)22(30-14)24-20(27)12-25(2)23(28)29-21-18-9-5-3-7-16(18)17-8-4-6-10-19(17)21/h3-11,13,21H,12H2,1-2H3,(H,24,27). The molecular weight excluding hydrogens is 400 g/mol. The molecule has 1 heterocycles. The normalized spacial score (nSPS) is 12.1. The summed E-state index contributed by atoms with van der Waals surface area (Å²) in [6.07, 6.45) is -0.414. The van der Waals surface area contributed by atoms with Crippen LogP contribution in [0.4, 0.5) is 9.80 Å². The van der Waals surface area contributed by atoms with Crippen LogP contribution >= 0.6 is 11.3 Å². The quantitative estimate of drug-likeness (QED) is 0.610. The second kappa shape index (κ2) is 8.12. The van der Waals surface area contributed by atoms with Crippen LogP contribution in [0.25, 0.3) is 11.1 Å². The van der Waals surface area contributed by atoms with Crippen molar-refractivity contribution < 1.29 is 19.1 Å². The van der Waals surface area contributed by atoms with E-state index >= 15 is 0 Å². The number of hydrogen-bond acceptors (Lipinski definition) is 5. The van der Waals surface area contributed by atoms with Gasteiger partial charge in [-0.05, 0) is 24.1 Å². The van der Waals surface area contributed by atoms with Gasteiger partial charge in [0.1, 0.15) is 11.5 Å². The first-order valence-electron chi connectivity index (χ1n) is 9.43. The second-order valence-electron chi connectivity index (χ2n) is 7.10. The number of aryl methyl sites for hydroxylation is 1. The summed E-state index contributed by atoms with van der Waals surface area (Å²) in [6, 6.07) is 17.3. The predicted molar refractivity (Wildman–Crippen MR) is 116 cm³/mol. The molecule has 152 valence electrons. The molecule has 0 unspecified atom stereocenters. The van der Waals surface area contributed by atoms with Crippen LogP contribution in [0.1, 0.15) is 32.5 Å². The van der Waals surface area contributed by atoms with Crippen molar-refractivity contribution in [2.24, 2.45) is 0 Å². The van der Waals surface area contributed by atoms with E-state index in [4.69, 9.17) is 4.74 Å². The lowest BCUT2D eigenvalue weighted by Gasteiger charge is -2.21. The number of anilines is 1. The molecule has 0 atom stereocenters. The first kappa shape index (κ1) is 19.8. The van der Waals surface area contributed by atoms with Gasteiger partial charge in [0.2, 0.25) is 5.91 Å². The molecule has 0 aliphatic heterocycles. The minimum atomic E-state index is -0.598. The Hall–Kier alpha value is -3.45. The van der Waals surface area contributed by atoms with Crippen LogP contribution in [-0.4, -0.2) is 36.8 Å². The average molecular weight is 420 g/mol. The van der Waals surface area contributed by atoms with Crippen molar-refractivity contribution in [3.05, 3.63) is 76.2 Å². The summed E-state index contributed by atoms with van der Waals surface area (Å²) in [6.45, 7) is 1.66. The first-order chi connectivity index (χ1) is 14.5. The van der Waals surface area contributed by atoms with E-state index in [1.54, 1.807) is 6.07 Å². The third-order valence-corrected chi connectivity index (χ3v) is 5.93. The van der Waals surface area contributed by atoms with Crippen LogP contribution in [0.15, 0.2) is 54.6 Å². The van der Waals surface area contributed by atoms with E-state index in [0.29, 0.717) is 16.9 Å². The lowest BCUT2D eigenvalue weighted by molar-refractivity contribution is -0.116. The van der Waals surface area contributed by atoms with Crippen molar-refractivity contribution in [1.82, 2.24) is 4.90 Å². The predicted octanol–water partition coefficient (Wildman–Crippen LogP) is 4.65. The van der Waals surface area contributed by atoms with Gasteiger partial charge in [0.15, 0.2) is 12.4 Å². The molecule has 1 aromatic heterocycles. The molecule has 6 nitrogen and oxygen atoms in total. The molecule has 2 aromatic carbocycles. The van der Waals surface area contributed by atoms with Crippen molar-refractivity contribution in [2.75, 3.05) is 18.9 Å². The fourth-order valence-electron chi connectivity index (χ4n) is 3.59. The van der Waals surface area contributed by atoms with Crippen LogP contribution < -0.4 is 5.32 Å². The van der Waals surface area contributed by atoms with Gasteiger partial charge in [0.05, 0.1) is 0 Å². The summed E-state index contributed by atoms with van der Waals surface area (Å²) in [7, 11) is 1.51. The van der Waals surface area contributed by atoms with Crippen LogP contribution in [0.3, 0.4) is 0 Å². The fraction of sp³-hybridized carbons (Fsp3) is 0.174. The number of aldehydes is 1. The fourth-order valence-corrected chi connectivity index (χ4v) is 4.49. The Morgan fingerprint density at radius 3 is 2.30 bits per heavy atom. The third-order valence-electron chi connectivity index (χ3n) is 4.95. The highest BCUT2D eigenvalue weighted by atomic mass is 32.1. The Labute approximate surface area is 178 Å². The first-order valence-corrected chi connectivity index (χ1v) is 10.2. The average Bonchev–Trinajstić information content (AvgIpc) is 3.25. The summed E-state index contributed by atoms with van der Waals surface area (Å²) >= 11 is 1.32. The highest BCUT2D eigenvalue weighted by molar-refractivity contribution is 7.16. The van der Waals surface area contributed by atoms with Crippen LogP contribution in [-0.2, 0) is 9.53 Å². The number of thiophene rings is 1. The third kappa shape index (κ3) is 3.71. The minimum Gasteiger partial charge on any atom is -0.436 e. The number of fused-ring (bicyclic) bond motifs is 3. The lowest BCUT2D eigenvalue weighted by atomic mass is 10.1. The van der Waals surface area contributed by atoms with Crippen molar-refractivity contribution in [2.45, 2.75) is 13.0 Å². The molecule has 2 amide bonds. The zero-order valence-corrected chi connectivity index (χ0v) is 17.4. The van der Waals surface area contributed by atoms with Crippen molar-refractivity contribution in [3.8, 4) is 11.1 Å². The molecule has 30 heavy (non-hydrogen) atoms.